The molecule has 2 rings (SSSR count). The van der Waals surface area contributed by atoms with Crippen LogP contribution in [-0.4, -0.2) is 38.6 Å². The van der Waals surface area contributed by atoms with Crippen molar-refractivity contribution in [3.05, 3.63) is 30.0 Å². The van der Waals surface area contributed by atoms with E-state index >= 15 is 0 Å². The molecule has 0 aromatic carbocycles. The van der Waals surface area contributed by atoms with Crippen LogP contribution in [0.5, 0.6) is 0 Å². The third-order valence-corrected chi connectivity index (χ3v) is 2.55. The van der Waals surface area contributed by atoms with Crippen LogP contribution in [-0.2, 0) is 11.3 Å². The van der Waals surface area contributed by atoms with Gasteiger partial charge in [-0.05, 0) is 6.92 Å². The standard InChI is InChI=1S/C11H12F3N5O2/c1-7-16-8(10(20)17-9-2-3-15-18-9)6-19(7)4-5-21-11(12,13)14/h2-3,6H,4-5H2,1H3,(H2,15,17,18,20). The number of H-pyrrole nitrogens is 1. The maximum atomic E-state index is 11.9. The van der Waals surface area contributed by atoms with Gasteiger partial charge < -0.3 is 9.88 Å². The molecule has 2 N–H and O–H groups in total. The summed E-state index contributed by atoms with van der Waals surface area (Å²) in [6, 6.07) is 1.55. The maximum Gasteiger partial charge on any atom is 0.522 e. The Hall–Kier alpha value is -2.36. The molecule has 0 spiro atoms. The van der Waals surface area contributed by atoms with E-state index in [1.54, 1.807) is 13.0 Å². The van der Waals surface area contributed by atoms with Crippen molar-refractivity contribution in [3.8, 4) is 0 Å². The first kappa shape index (κ1) is 15.0. The van der Waals surface area contributed by atoms with Gasteiger partial charge in [-0.15, -0.1) is 13.2 Å². The van der Waals surface area contributed by atoms with Crippen LogP contribution >= 0.6 is 0 Å². The van der Waals surface area contributed by atoms with Gasteiger partial charge in [-0.25, -0.2) is 4.98 Å². The van der Waals surface area contributed by atoms with Crippen molar-refractivity contribution in [1.29, 1.82) is 0 Å². The monoisotopic (exact) mass is 303 g/mol. The van der Waals surface area contributed by atoms with E-state index in [-0.39, 0.29) is 12.2 Å². The van der Waals surface area contributed by atoms with E-state index in [2.05, 4.69) is 25.2 Å². The fourth-order valence-electron chi connectivity index (χ4n) is 1.61. The molecule has 0 bridgehead atoms. The van der Waals surface area contributed by atoms with Crippen molar-refractivity contribution in [2.75, 3.05) is 11.9 Å². The molecule has 2 aromatic heterocycles. The third kappa shape index (κ3) is 4.31. The minimum absolute atomic E-state index is 0.0615. The third-order valence-electron chi connectivity index (χ3n) is 2.55. The number of hydrogen-bond acceptors (Lipinski definition) is 4. The first-order chi connectivity index (χ1) is 9.85. The van der Waals surface area contributed by atoms with E-state index in [4.69, 9.17) is 0 Å². The molecule has 10 heteroatoms. The molecule has 0 saturated heterocycles. The van der Waals surface area contributed by atoms with Gasteiger partial charge in [-0.2, -0.15) is 5.10 Å². The van der Waals surface area contributed by atoms with Crippen molar-refractivity contribution >= 4 is 11.7 Å². The summed E-state index contributed by atoms with van der Waals surface area (Å²) in [5.41, 5.74) is 0.0857. The van der Waals surface area contributed by atoms with Gasteiger partial charge in [0, 0.05) is 25.0 Å². The summed E-state index contributed by atoms with van der Waals surface area (Å²) in [4.78, 5) is 15.8. The van der Waals surface area contributed by atoms with Crippen molar-refractivity contribution in [2.45, 2.75) is 19.8 Å². The van der Waals surface area contributed by atoms with E-state index in [0.29, 0.717) is 11.6 Å². The largest absolute Gasteiger partial charge is 0.522 e. The lowest BCUT2D eigenvalue weighted by Gasteiger charge is -2.08. The summed E-state index contributed by atoms with van der Waals surface area (Å²) in [6.07, 6.45) is -1.78. The number of alkyl halides is 3. The molecule has 0 unspecified atom stereocenters. The summed E-state index contributed by atoms with van der Waals surface area (Å²) >= 11 is 0. The molecule has 21 heavy (non-hydrogen) atoms. The van der Waals surface area contributed by atoms with Crippen LogP contribution < -0.4 is 5.32 Å². The number of anilines is 1. The number of aromatic nitrogens is 4. The van der Waals surface area contributed by atoms with Crippen molar-refractivity contribution < 1.29 is 22.7 Å². The number of aromatic amines is 1. The summed E-state index contributed by atoms with van der Waals surface area (Å²) in [5, 5.41) is 8.77. The Bertz CT molecular complexity index is 606. The number of aryl methyl sites for hydroxylation is 1. The Morgan fingerprint density at radius 2 is 2.29 bits per heavy atom. The van der Waals surface area contributed by atoms with Gasteiger partial charge in [0.2, 0.25) is 0 Å². The number of carbonyl (C=O) groups excluding carboxylic acids is 1. The van der Waals surface area contributed by atoms with E-state index in [0.717, 1.165) is 0 Å². The van der Waals surface area contributed by atoms with E-state index in [1.807, 2.05) is 0 Å². The lowest BCUT2D eigenvalue weighted by Crippen LogP contribution is -2.17. The lowest BCUT2D eigenvalue weighted by molar-refractivity contribution is -0.325. The van der Waals surface area contributed by atoms with Crippen LogP contribution in [0.25, 0.3) is 0 Å². The highest BCUT2D eigenvalue weighted by Gasteiger charge is 2.28. The molecule has 114 valence electrons. The highest BCUT2D eigenvalue weighted by atomic mass is 19.4. The van der Waals surface area contributed by atoms with Gasteiger partial charge in [0.1, 0.15) is 11.5 Å². The molecule has 0 aliphatic rings. The smallest absolute Gasteiger partial charge is 0.332 e. The zero-order valence-electron chi connectivity index (χ0n) is 10.9. The zero-order chi connectivity index (χ0) is 15.5. The number of amides is 1. The quantitative estimate of drug-likeness (QED) is 0.880. The molecule has 0 aliphatic heterocycles. The number of rotatable bonds is 5. The number of hydrogen-bond donors (Lipinski definition) is 2. The highest BCUT2D eigenvalue weighted by molar-refractivity contribution is 6.02. The molecule has 2 aromatic rings. The molecule has 1 amide bonds. The van der Waals surface area contributed by atoms with Crippen LogP contribution in [0.3, 0.4) is 0 Å². The normalized spacial score (nSPS) is 11.6. The minimum atomic E-state index is -4.67. The fourth-order valence-corrected chi connectivity index (χ4v) is 1.61. The first-order valence-electron chi connectivity index (χ1n) is 5.91. The molecule has 0 radical (unpaired) electrons. The minimum Gasteiger partial charge on any atom is -0.332 e. The van der Waals surface area contributed by atoms with Gasteiger partial charge in [0.25, 0.3) is 5.91 Å². The van der Waals surface area contributed by atoms with Gasteiger partial charge in [0.05, 0.1) is 6.61 Å². The molecular formula is C11H12F3N5O2. The second kappa shape index (κ2) is 5.95. The number of halogens is 3. The topological polar surface area (TPSA) is 84.8 Å². The number of imidazole rings is 1. The van der Waals surface area contributed by atoms with E-state index in [1.165, 1.54) is 17.0 Å². The molecular weight excluding hydrogens is 291 g/mol. The van der Waals surface area contributed by atoms with E-state index < -0.39 is 18.9 Å². The average molecular weight is 303 g/mol. The SMILES string of the molecule is Cc1nc(C(=O)Nc2cc[nH]n2)cn1CCOC(F)(F)F. The van der Waals surface area contributed by atoms with Crippen LogP contribution in [0.15, 0.2) is 18.5 Å². The molecule has 7 nitrogen and oxygen atoms in total. The van der Waals surface area contributed by atoms with Crippen molar-refractivity contribution in [3.63, 3.8) is 0 Å². The van der Waals surface area contributed by atoms with Crippen LogP contribution in [0.4, 0.5) is 19.0 Å². The Morgan fingerprint density at radius 3 is 2.90 bits per heavy atom. The van der Waals surface area contributed by atoms with Gasteiger partial charge in [-0.3, -0.25) is 14.6 Å². The average Bonchev–Trinajstić information content (AvgIpc) is 2.98. The highest BCUT2D eigenvalue weighted by Crippen LogP contribution is 2.16. The lowest BCUT2D eigenvalue weighted by atomic mass is 10.4. The second-order valence-electron chi connectivity index (χ2n) is 4.07. The van der Waals surface area contributed by atoms with Crippen LogP contribution in [0.1, 0.15) is 16.3 Å². The second-order valence-corrected chi connectivity index (χ2v) is 4.07. The predicted octanol–water partition coefficient (Wildman–Crippen LogP) is 1.70. The Balaban J connectivity index is 1.96. The Kier molecular flexibility index (Phi) is 4.26. The van der Waals surface area contributed by atoms with Crippen LogP contribution in [0, 0.1) is 6.92 Å². The zero-order valence-corrected chi connectivity index (χ0v) is 10.9. The molecule has 0 aliphatic carbocycles. The van der Waals surface area contributed by atoms with E-state index in [9.17, 15) is 18.0 Å². The number of carbonyl (C=O) groups is 1. The van der Waals surface area contributed by atoms with Gasteiger partial charge in [-0.1, -0.05) is 0 Å². The van der Waals surface area contributed by atoms with Crippen LogP contribution in [0.2, 0.25) is 0 Å². The van der Waals surface area contributed by atoms with Gasteiger partial charge in [0.15, 0.2) is 5.82 Å². The Morgan fingerprint density at radius 1 is 1.52 bits per heavy atom. The molecule has 0 atom stereocenters. The Labute approximate surface area is 117 Å². The number of nitrogens with one attached hydrogen (secondary N) is 2. The van der Waals surface area contributed by atoms with Crippen molar-refractivity contribution in [2.24, 2.45) is 0 Å². The predicted molar refractivity (Wildman–Crippen MR) is 65.5 cm³/mol. The molecule has 0 fully saturated rings. The summed E-state index contributed by atoms with van der Waals surface area (Å²) in [7, 11) is 0. The van der Waals surface area contributed by atoms with Crippen molar-refractivity contribution in [1.82, 2.24) is 19.7 Å². The summed E-state index contributed by atoms with van der Waals surface area (Å²) in [5.74, 6) is 0.237. The number of nitrogens with zero attached hydrogens (tertiary/aromatic N) is 3. The summed E-state index contributed by atoms with van der Waals surface area (Å²) in [6.45, 7) is 0.966. The summed E-state index contributed by atoms with van der Waals surface area (Å²) < 4.78 is 40.7. The maximum absolute atomic E-state index is 11.9. The molecule has 0 saturated carbocycles. The number of ether oxygens (including phenoxy) is 1. The fraction of sp³-hybridized carbons (Fsp3) is 0.364. The molecule has 2 heterocycles. The first-order valence-corrected chi connectivity index (χ1v) is 5.91. The van der Waals surface area contributed by atoms with Gasteiger partial charge >= 0.3 is 6.36 Å².